The van der Waals surface area contributed by atoms with E-state index in [-0.39, 0.29) is 5.82 Å². The largest absolute Gasteiger partial charge is 0.330 e. The molecule has 0 unspecified atom stereocenters. The minimum absolute atomic E-state index is 0.371. The summed E-state index contributed by atoms with van der Waals surface area (Å²) in [6, 6.07) is 1.60. The Morgan fingerprint density at radius 1 is 1.38 bits per heavy atom. The van der Waals surface area contributed by atoms with Crippen molar-refractivity contribution in [3.05, 3.63) is 29.3 Å². The molecule has 2 rings (SSSR count). The average Bonchev–Trinajstić information content (AvgIpc) is 2.75. The minimum Gasteiger partial charge on any atom is -0.330 e. The van der Waals surface area contributed by atoms with Crippen molar-refractivity contribution in [3.63, 3.8) is 0 Å². The monoisotopic (exact) mass is 238 g/mol. The van der Waals surface area contributed by atoms with Crippen LogP contribution in [0.1, 0.15) is 11.4 Å². The Morgan fingerprint density at radius 3 is 3.00 bits per heavy atom. The Kier molecular flexibility index (Phi) is 3.53. The summed E-state index contributed by atoms with van der Waals surface area (Å²) in [7, 11) is 0. The molecule has 0 aliphatic heterocycles. The Hall–Kier alpha value is -1.40. The highest BCUT2D eigenvalue weighted by molar-refractivity contribution is 7.14. The fourth-order valence-electron chi connectivity index (χ4n) is 1.27. The SMILES string of the molecule is NCCCc1nnc(-c2ccncc2F)s1. The molecule has 2 aromatic rings. The molecule has 2 aromatic heterocycles. The molecule has 0 bridgehead atoms. The van der Waals surface area contributed by atoms with Crippen LogP contribution in [-0.4, -0.2) is 21.7 Å². The molecule has 0 amide bonds. The molecule has 0 saturated heterocycles. The molecule has 0 aliphatic rings. The van der Waals surface area contributed by atoms with Crippen LogP contribution in [0, 0.1) is 5.82 Å². The predicted molar refractivity (Wildman–Crippen MR) is 60.5 cm³/mol. The van der Waals surface area contributed by atoms with E-state index in [2.05, 4.69) is 15.2 Å². The molecule has 0 atom stereocenters. The molecule has 0 radical (unpaired) electrons. The molecule has 0 aromatic carbocycles. The summed E-state index contributed by atoms with van der Waals surface area (Å²) in [6.45, 7) is 0.624. The lowest BCUT2D eigenvalue weighted by Gasteiger charge is -1.95. The van der Waals surface area contributed by atoms with Crippen LogP contribution < -0.4 is 5.73 Å². The van der Waals surface area contributed by atoms with E-state index in [1.807, 2.05) is 0 Å². The van der Waals surface area contributed by atoms with E-state index >= 15 is 0 Å². The van der Waals surface area contributed by atoms with Gasteiger partial charge in [0.1, 0.15) is 5.01 Å². The summed E-state index contributed by atoms with van der Waals surface area (Å²) in [5, 5.41) is 9.43. The number of rotatable bonds is 4. The van der Waals surface area contributed by atoms with Crippen molar-refractivity contribution in [3.8, 4) is 10.6 Å². The van der Waals surface area contributed by atoms with E-state index in [9.17, 15) is 4.39 Å². The number of pyridine rings is 1. The first-order valence-electron chi connectivity index (χ1n) is 4.93. The number of aromatic nitrogens is 3. The number of nitrogens with zero attached hydrogens (tertiary/aromatic N) is 3. The van der Waals surface area contributed by atoms with Crippen molar-refractivity contribution in [2.45, 2.75) is 12.8 Å². The van der Waals surface area contributed by atoms with Crippen LogP contribution in [0.25, 0.3) is 10.6 Å². The van der Waals surface area contributed by atoms with E-state index < -0.39 is 0 Å². The summed E-state index contributed by atoms with van der Waals surface area (Å²) >= 11 is 1.39. The van der Waals surface area contributed by atoms with E-state index in [0.29, 0.717) is 17.1 Å². The standard InChI is InChI=1S/C10H11FN4S/c11-8-6-13-5-3-7(8)10-15-14-9(16-10)2-1-4-12/h3,5-6H,1-2,4,12H2. The minimum atomic E-state index is -0.371. The van der Waals surface area contributed by atoms with Gasteiger partial charge in [-0.1, -0.05) is 11.3 Å². The first kappa shape index (κ1) is 11.1. The summed E-state index contributed by atoms with van der Waals surface area (Å²) in [4.78, 5) is 3.69. The van der Waals surface area contributed by atoms with Crippen LogP contribution in [-0.2, 0) is 6.42 Å². The topological polar surface area (TPSA) is 64.7 Å². The van der Waals surface area contributed by atoms with E-state index in [1.54, 1.807) is 12.3 Å². The molecule has 2 N–H and O–H groups in total. The highest BCUT2D eigenvalue weighted by Gasteiger charge is 2.10. The zero-order chi connectivity index (χ0) is 11.4. The van der Waals surface area contributed by atoms with Crippen LogP contribution >= 0.6 is 11.3 Å². The second-order valence-corrected chi connectivity index (χ2v) is 4.31. The van der Waals surface area contributed by atoms with Crippen molar-refractivity contribution < 1.29 is 4.39 Å². The predicted octanol–water partition coefficient (Wildman–Crippen LogP) is 1.63. The van der Waals surface area contributed by atoms with Crippen LogP contribution in [0.4, 0.5) is 4.39 Å². The highest BCUT2D eigenvalue weighted by atomic mass is 32.1. The molecule has 0 fully saturated rings. The van der Waals surface area contributed by atoms with Gasteiger partial charge in [0.2, 0.25) is 0 Å². The molecule has 0 aliphatic carbocycles. The molecule has 6 heteroatoms. The summed E-state index contributed by atoms with van der Waals surface area (Å²) in [5.41, 5.74) is 5.86. The highest BCUT2D eigenvalue weighted by Crippen LogP contribution is 2.25. The Labute approximate surface area is 96.4 Å². The third-order valence-electron chi connectivity index (χ3n) is 2.06. The molecule has 84 valence electrons. The zero-order valence-corrected chi connectivity index (χ0v) is 9.38. The molecule has 4 nitrogen and oxygen atoms in total. The molecule has 16 heavy (non-hydrogen) atoms. The second-order valence-electron chi connectivity index (χ2n) is 3.25. The van der Waals surface area contributed by atoms with Crippen LogP contribution in [0.2, 0.25) is 0 Å². The molecule has 2 heterocycles. The van der Waals surface area contributed by atoms with Crippen LogP contribution in [0.15, 0.2) is 18.5 Å². The molecule has 0 saturated carbocycles. The lowest BCUT2D eigenvalue weighted by Crippen LogP contribution is -1.99. The summed E-state index contributed by atoms with van der Waals surface area (Å²) in [6.07, 6.45) is 4.38. The molecule has 0 spiro atoms. The number of halogens is 1. The van der Waals surface area contributed by atoms with Gasteiger partial charge in [-0.25, -0.2) is 4.39 Å². The normalized spacial score (nSPS) is 10.6. The van der Waals surface area contributed by atoms with Crippen molar-refractivity contribution in [2.24, 2.45) is 5.73 Å². The van der Waals surface area contributed by atoms with Gasteiger partial charge in [-0.2, -0.15) is 0 Å². The second kappa shape index (κ2) is 5.09. The number of nitrogens with two attached hydrogens (primary N) is 1. The lowest BCUT2D eigenvalue weighted by molar-refractivity contribution is 0.624. The maximum atomic E-state index is 13.4. The Bertz CT molecular complexity index is 471. The quantitative estimate of drug-likeness (QED) is 0.879. The Morgan fingerprint density at radius 2 is 2.25 bits per heavy atom. The van der Waals surface area contributed by atoms with E-state index in [1.165, 1.54) is 17.5 Å². The molecular weight excluding hydrogens is 227 g/mol. The third kappa shape index (κ3) is 2.40. The first-order chi connectivity index (χ1) is 7.81. The van der Waals surface area contributed by atoms with Gasteiger partial charge >= 0.3 is 0 Å². The number of hydrogen-bond acceptors (Lipinski definition) is 5. The van der Waals surface area contributed by atoms with Gasteiger partial charge in [-0.15, -0.1) is 10.2 Å². The van der Waals surface area contributed by atoms with E-state index in [4.69, 9.17) is 5.73 Å². The van der Waals surface area contributed by atoms with Gasteiger partial charge < -0.3 is 5.73 Å². The summed E-state index contributed by atoms with van der Waals surface area (Å²) < 4.78 is 13.4. The van der Waals surface area contributed by atoms with Crippen molar-refractivity contribution in [1.82, 2.24) is 15.2 Å². The molecular formula is C10H11FN4S. The number of aryl methyl sites for hydroxylation is 1. The summed E-state index contributed by atoms with van der Waals surface area (Å²) in [5.74, 6) is -0.371. The zero-order valence-electron chi connectivity index (χ0n) is 8.56. The van der Waals surface area contributed by atoms with Gasteiger partial charge in [0.15, 0.2) is 10.8 Å². The smallest absolute Gasteiger partial charge is 0.151 e. The number of hydrogen-bond donors (Lipinski definition) is 1. The van der Waals surface area contributed by atoms with Gasteiger partial charge in [0, 0.05) is 12.6 Å². The third-order valence-corrected chi connectivity index (χ3v) is 3.08. The fourth-order valence-corrected chi connectivity index (χ4v) is 2.17. The van der Waals surface area contributed by atoms with Crippen molar-refractivity contribution in [1.29, 1.82) is 0 Å². The Balaban J connectivity index is 2.22. The van der Waals surface area contributed by atoms with Gasteiger partial charge in [-0.05, 0) is 19.0 Å². The fraction of sp³-hybridized carbons (Fsp3) is 0.300. The van der Waals surface area contributed by atoms with Gasteiger partial charge in [0.25, 0.3) is 0 Å². The van der Waals surface area contributed by atoms with Gasteiger partial charge in [0.05, 0.1) is 11.8 Å². The van der Waals surface area contributed by atoms with Crippen LogP contribution in [0.5, 0.6) is 0 Å². The average molecular weight is 238 g/mol. The van der Waals surface area contributed by atoms with E-state index in [0.717, 1.165) is 17.8 Å². The maximum absolute atomic E-state index is 13.4. The first-order valence-corrected chi connectivity index (χ1v) is 5.75. The van der Waals surface area contributed by atoms with Crippen LogP contribution in [0.3, 0.4) is 0 Å². The van der Waals surface area contributed by atoms with Crippen molar-refractivity contribution >= 4 is 11.3 Å². The van der Waals surface area contributed by atoms with Crippen molar-refractivity contribution in [2.75, 3.05) is 6.54 Å². The van der Waals surface area contributed by atoms with Gasteiger partial charge in [-0.3, -0.25) is 4.98 Å². The lowest BCUT2D eigenvalue weighted by atomic mass is 10.3. The maximum Gasteiger partial charge on any atom is 0.151 e.